The van der Waals surface area contributed by atoms with Crippen LogP contribution >= 0.6 is 15.9 Å². The summed E-state index contributed by atoms with van der Waals surface area (Å²) in [7, 11) is 0. The van der Waals surface area contributed by atoms with E-state index >= 15 is 0 Å². The number of nitrogens with two attached hydrogens (primary N) is 1. The van der Waals surface area contributed by atoms with Gasteiger partial charge in [-0.05, 0) is 28.3 Å². The Kier molecular flexibility index (Phi) is 6.47. The number of hydrogen-bond donors (Lipinski definition) is 3. The molecule has 19 heavy (non-hydrogen) atoms. The predicted octanol–water partition coefficient (Wildman–Crippen LogP) is 0.783. The summed E-state index contributed by atoms with van der Waals surface area (Å²) in [5.41, 5.74) is 6.09. The summed E-state index contributed by atoms with van der Waals surface area (Å²) in [6.07, 6.45) is 2.49. The van der Waals surface area contributed by atoms with Crippen LogP contribution < -0.4 is 16.6 Å². The lowest BCUT2D eigenvalue weighted by molar-refractivity contribution is 0.266. The molecule has 0 amide bonds. The van der Waals surface area contributed by atoms with E-state index in [0.717, 1.165) is 6.42 Å². The average Bonchev–Trinajstić information content (AvgIpc) is 2.37. The third-order valence-corrected chi connectivity index (χ3v) is 3.46. The Morgan fingerprint density at radius 1 is 1.58 bits per heavy atom. The quantitative estimate of drug-likeness (QED) is 0.686. The van der Waals surface area contributed by atoms with Crippen molar-refractivity contribution >= 4 is 21.6 Å². The number of hydrogen-bond acceptors (Lipinski definition) is 5. The van der Waals surface area contributed by atoms with Crippen molar-refractivity contribution in [2.45, 2.75) is 32.9 Å². The fraction of sp³-hybridized carbons (Fsp3) is 0.667. The lowest BCUT2D eigenvalue weighted by Gasteiger charge is -2.20. The van der Waals surface area contributed by atoms with E-state index in [1.807, 2.05) is 0 Å². The molecule has 4 N–H and O–H groups in total. The molecule has 0 aliphatic heterocycles. The number of halogens is 1. The maximum Gasteiger partial charge on any atom is 0.283 e. The van der Waals surface area contributed by atoms with Gasteiger partial charge in [-0.25, -0.2) is 4.68 Å². The van der Waals surface area contributed by atoms with Crippen molar-refractivity contribution in [1.29, 1.82) is 0 Å². The Bertz CT molecular complexity index is 462. The van der Waals surface area contributed by atoms with Crippen molar-refractivity contribution in [2.24, 2.45) is 11.7 Å². The van der Waals surface area contributed by atoms with Crippen molar-refractivity contribution in [1.82, 2.24) is 9.78 Å². The van der Waals surface area contributed by atoms with E-state index in [1.54, 1.807) is 6.20 Å². The monoisotopic (exact) mass is 332 g/mol. The van der Waals surface area contributed by atoms with Crippen LogP contribution in [-0.2, 0) is 6.54 Å². The molecule has 0 aliphatic rings. The number of aliphatic hydroxyl groups excluding tert-OH is 1. The van der Waals surface area contributed by atoms with Crippen molar-refractivity contribution < 1.29 is 5.11 Å². The molecule has 0 spiro atoms. The number of nitrogens with zero attached hydrogens (tertiary/aromatic N) is 2. The first-order chi connectivity index (χ1) is 8.99. The maximum absolute atomic E-state index is 11.9. The fourth-order valence-corrected chi connectivity index (χ4v) is 2.24. The third-order valence-electron chi connectivity index (χ3n) is 2.70. The normalized spacial score (nSPS) is 12.7. The molecule has 0 saturated carbocycles. The van der Waals surface area contributed by atoms with Gasteiger partial charge in [0.2, 0.25) is 0 Å². The molecular weight excluding hydrogens is 312 g/mol. The van der Waals surface area contributed by atoms with Gasteiger partial charge in [-0.1, -0.05) is 13.8 Å². The van der Waals surface area contributed by atoms with E-state index in [-0.39, 0.29) is 24.8 Å². The van der Waals surface area contributed by atoms with Crippen molar-refractivity contribution in [2.75, 3.05) is 18.5 Å². The van der Waals surface area contributed by atoms with Crippen LogP contribution in [-0.4, -0.2) is 34.1 Å². The molecule has 0 aromatic carbocycles. The molecule has 0 radical (unpaired) electrons. The Morgan fingerprint density at radius 2 is 2.26 bits per heavy atom. The molecule has 0 fully saturated rings. The van der Waals surface area contributed by atoms with Crippen LogP contribution in [0.1, 0.15) is 20.3 Å². The first-order valence-corrected chi connectivity index (χ1v) is 7.12. The van der Waals surface area contributed by atoms with Crippen LogP contribution in [0.4, 0.5) is 5.69 Å². The van der Waals surface area contributed by atoms with E-state index < -0.39 is 0 Å². The first-order valence-electron chi connectivity index (χ1n) is 6.32. The summed E-state index contributed by atoms with van der Waals surface area (Å²) in [5.74, 6) is 0.516. The molecule has 108 valence electrons. The van der Waals surface area contributed by atoms with E-state index in [0.29, 0.717) is 22.6 Å². The second-order valence-corrected chi connectivity index (χ2v) is 5.62. The third kappa shape index (κ3) is 4.59. The average molecular weight is 333 g/mol. The Morgan fingerprint density at radius 3 is 2.79 bits per heavy atom. The van der Waals surface area contributed by atoms with Crippen molar-refractivity contribution in [3.63, 3.8) is 0 Å². The summed E-state index contributed by atoms with van der Waals surface area (Å²) >= 11 is 3.27. The van der Waals surface area contributed by atoms with Gasteiger partial charge in [0, 0.05) is 12.6 Å². The molecule has 1 aromatic heterocycles. The minimum Gasteiger partial charge on any atom is -0.394 e. The van der Waals surface area contributed by atoms with Crippen molar-refractivity contribution in [3.05, 3.63) is 21.0 Å². The van der Waals surface area contributed by atoms with Crippen LogP contribution in [0.5, 0.6) is 0 Å². The minimum atomic E-state index is -0.264. The fourth-order valence-electron chi connectivity index (χ4n) is 1.82. The molecule has 1 rings (SSSR count). The van der Waals surface area contributed by atoms with Crippen LogP contribution in [0.2, 0.25) is 0 Å². The van der Waals surface area contributed by atoms with Gasteiger partial charge in [-0.15, -0.1) is 0 Å². The summed E-state index contributed by atoms with van der Waals surface area (Å²) in [5, 5.41) is 16.1. The zero-order valence-corrected chi connectivity index (χ0v) is 12.9. The van der Waals surface area contributed by atoms with E-state index in [9.17, 15) is 4.79 Å². The van der Waals surface area contributed by atoms with Gasteiger partial charge in [-0.3, -0.25) is 4.79 Å². The van der Waals surface area contributed by atoms with Crippen molar-refractivity contribution in [3.8, 4) is 0 Å². The lowest BCUT2D eigenvalue weighted by atomic mass is 10.0. The topological polar surface area (TPSA) is 93.2 Å². The number of anilines is 1. The molecule has 1 heterocycles. The molecule has 0 aliphatic carbocycles. The summed E-state index contributed by atoms with van der Waals surface area (Å²) in [4.78, 5) is 11.9. The highest BCUT2D eigenvalue weighted by Crippen LogP contribution is 2.18. The summed E-state index contributed by atoms with van der Waals surface area (Å²) in [6, 6.07) is 0.103. The van der Waals surface area contributed by atoms with Gasteiger partial charge in [0.05, 0.1) is 25.0 Å². The molecule has 0 saturated heterocycles. The zero-order chi connectivity index (χ0) is 14.4. The SMILES string of the molecule is CC(C)CC(CN)Nc1cnn(CCO)c(=O)c1Br. The highest BCUT2D eigenvalue weighted by atomic mass is 79.9. The van der Waals surface area contributed by atoms with Crippen LogP contribution in [0, 0.1) is 5.92 Å². The maximum atomic E-state index is 11.9. The lowest BCUT2D eigenvalue weighted by Crippen LogP contribution is -2.32. The number of nitrogens with one attached hydrogen (secondary N) is 1. The molecule has 1 atom stereocenters. The molecule has 1 unspecified atom stereocenters. The van der Waals surface area contributed by atoms with E-state index in [4.69, 9.17) is 10.8 Å². The van der Waals surface area contributed by atoms with Crippen LogP contribution in [0.25, 0.3) is 0 Å². The van der Waals surface area contributed by atoms with E-state index in [2.05, 4.69) is 40.2 Å². The Balaban J connectivity index is 2.90. The highest BCUT2D eigenvalue weighted by molar-refractivity contribution is 9.10. The van der Waals surface area contributed by atoms with Gasteiger partial charge in [0.25, 0.3) is 5.56 Å². The molecule has 7 heteroatoms. The second kappa shape index (κ2) is 7.62. The first kappa shape index (κ1) is 16.1. The van der Waals surface area contributed by atoms with Gasteiger partial charge in [0.15, 0.2) is 0 Å². The van der Waals surface area contributed by atoms with Crippen LogP contribution in [0.15, 0.2) is 15.5 Å². The van der Waals surface area contributed by atoms with Gasteiger partial charge in [-0.2, -0.15) is 5.10 Å². The molecule has 6 nitrogen and oxygen atoms in total. The largest absolute Gasteiger partial charge is 0.394 e. The predicted molar refractivity (Wildman–Crippen MR) is 79.2 cm³/mol. The molecular formula is C12H21BrN4O2. The number of aliphatic hydroxyl groups is 1. The highest BCUT2D eigenvalue weighted by Gasteiger charge is 2.13. The van der Waals surface area contributed by atoms with E-state index in [1.165, 1.54) is 4.68 Å². The van der Waals surface area contributed by atoms with Gasteiger partial charge in [0.1, 0.15) is 4.47 Å². The second-order valence-electron chi connectivity index (χ2n) is 4.83. The van der Waals surface area contributed by atoms with Crippen LogP contribution in [0.3, 0.4) is 0 Å². The van der Waals surface area contributed by atoms with Gasteiger partial charge < -0.3 is 16.2 Å². The molecule has 1 aromatic rings. The standard InChI is InChI=1S/C12H21BrN4O2/c1-8(2)5-9(6-14)16-10-7-15-17(3-4-18)12(19)11(10)13/h7-9,16,18H,3-6,14H2,1-2H3. The number of aromatic nitrogens is 2. The Hall–Kier alpha value is -0.920. The van der Waals surface area contributed by atoms with Gasteiger partial charge >= 0.3 is 0 Å². The summed E-state index contributed by atoms with van der Waals surface area (Å²) in [6.45, 7) is 4.80. The zero-order valence-electron chi connectivity index (χ0n) is 11.3. The summed E-state index contributed by atoms with van der Waals surface area (Å²) < 4.78 is 1.63. The minimum absolute atomic E-state index is 0.103. The number of rotatable bonds is 7. The smallest absolute Gasteiger partial charge is 0.283 e. The Labute approximate surface area is 121 Å². The molecule has 0 bridgehead atoms.